The number of nitrogens with one attached hydrogen (secondary N) is 2. The number of hydrogen-bond donors (Lipinski definition) is 3. The summed E-state index contributed by atoms with van der Waals surface area (Å²) in [6.07, 6.45) is 4.17. The van der Waals surface area contributed by atoms with Crippen molar-refractivity contribution in [1.82, 2.24) is 5.32 Å². The van der Waals surface area contributed by atoms with Gasteiger partial charge in [-0.15, -0.1) is 0 Å². The molecule has 3 N–H and O–H groups in total. The van der Waals surface area contributed by atoms with Crippen LogP contribution in [0.15, 0.2) is 41.5 Å². The molecule has 0 spiro atoms. The lowest BCUT2D eigenvalue weighted by molar-refractivity contribution is -0.141. The number of benzene rings is 1. The van der Waals surface area contributed by atoms with Gasteiger partial charge in [0, 0.05) is 24.1 Å². The van der Waals surface area contributed by atoms with Crippen LogP contribution in [0.25, 0.3) is 6.08 Å². The molecule has 0 fully saturated rings. The van der Waals surface area contributed by atoms with Crippen LogP contribution in [-0.4, -0.2) is 28.9 Å². The highest BCUT2D eigenvalue weighted by molar-refractivity contribution is 5.98. The van der Waals surface area contributed by atoms with E-state index in [0.29, 0.717) is 23.3 Å². The predicted octanol–water partition coefficient (Wildman–Crippen LogP) is 3.75. The lowest BCUT2D eigenvalue weighted by Gasteiger charge is -2.16. The molecule has 2 rings (SSSR count). The average molecular weight is 372 g/mol. The Morgan fingerprint density at radius 3 is 2.56 bits per heavy atom. The summed E-state index contributed by atoms with van der Waals surface area (Å²) in [5, 5.41) is 14.8. The van der Waals surface area contributed by atoms with Gasteiger partial charge in [0.1, 0.15) is 6.04 Å². The van der Waals surface area contributed by atoms with Crippen molar-refractivity contribution in [2.24, 2.45) is 0 Å². The summed E-state index contributed by atoms with van der Waals surface area (Å²) in [6, 6.07) is 6.23. The summed E-state index contributed by atoms with van der Waals surface area (Å²) in [6.45, 7) is 7.57. The molecule has 27 heavy (non-hydrogen) atoms. The van der Waals surface area contributed by atoms with Gasteiger partial charge in [-0.1, -0.05) is 56.7 Å². The SMILES string of the molecule is C/C=C(\CC)C(=O)NC(CC1=Cc2ccccc2NC(=O)C1)C(=O)O.CC. The summed E-state index contributed by atoms with van der Waals surface area (Å²) in [5.41, 5.74) is 2.71. The molecule has 0 saturated heterocycles. The molecule has 1 aromatic carbocycles. The van der Waals surface area contributed by atoms with E-state index in [2.05, 4.69) is 10.6 Å². The lowest BCUT2D eigenvalue weighted by Crippen LogP contribution is -2.41. The fourth-order valence-electron chi connectivity index (χ4n) is 2.75. The summed E-state index contributed by atoms with van der Waals surface area (Å²) in [5.74, 6) is -1.72. The highest BCUT2D eigenvalue weighted by Gasteiger charge is 2.24. The second-order valence-corrected chi connectivity index (χ2v) is 5.85. The normalized spacial score (nSPS) is 14.4. The van der Waals surface area contributed by atoms with E-state index in [-0.39, 0.29) is 18.7 Å². The van der Waals surface area contributed by atoms with Crippen LogP contribution in [-0.2, 0) is 14.4 Å². The quantitative estimate of drug-likeness (QED) is 0.663. The van der Waals surface area contributed by atoms with Gasteiger partial charge in [0.25, 0.3) is 0 Å². The van der Waals surface area contributed by atoms with E-state index in [1.807, 2.05) is 45.0 Å². The Balaban J connectivity index is 0.00000176. The van der Waals surface area contributed by atoms with Crippen LogP contribution in [0, 0.1) is 0 Å². The molecule has 1 heterocycles. The van der Waals surface area contributed by atoms with E-state index in [4.69, 9.17) is 0 Å². The lowest BCUT2D eigenvalue weighted by atomic mass is 10.00. The smallest absolute Gasteiger partial charge is 0.326 e. The fraction of sp³-hybridized carbons (Fsp3) is 0.381. The molecule has 0 radical (unpaired) electrons. The van der Waals surface area contributed by atoms with Crippen molar-refractivity contribution < 1.29 is 19.5 Å². The number of hydrogen-bond acceptors (Lipinski definition) is 3. The number of aliphatic carboxylic acids is 1. The summed E-state index contributed by atoms with van der Waals surface area (Å²) in [7, 11) is 0. The maximum absolute atomic E-state index is 12.2. The zero-order valence-corrected chi connectivity index (χ0v) is 16.3. The van der Waals surface area contributed by atoms with Crippen molar-refractivity contribution in [3.63, 3.8) is 0 Å². The van der Waals surface area contributed by atoms with E-state index in [1.54, 1.807) is 19.1 Å². The Bertz CT molecular complexity index is 750. The van der Waals surface area contributed by atoms with Gasteiger partial charge in [0.2, 0.25) is 11.8 Å². The van der Waals surface area contributed by atoms with Gasteiger partial charge in [-0.25, -0.2) is 4.79 Å². The Kier molecular flexibility index (Phi) is 8.99. The molecule has 6 heteroatoms. The minimum Gasteiger partial charge on any atom is -0.480 e. The van der Waals surface area contributed by atoms with E-state index >= 15 is 0 Å². The minimum atomic E-state index is -1.13. The van der Waals surface area contributed by atoms with Crippen LogP contribution in [0.1, 0.15) is 52.5 Å². The molecule has 0 aliphatic carbocycles. The summed E-state index contributed by atoms with van der Waals surface area (Å²) < 4.78 is 0. The monoisotopic (exact) mass is 372 g/mol. The number of amides is 2. The molecular formula is C21H28N2O4. The fourth-order valence-corrected chi connectivity index (χ4v) is 2.75. The van der Waals surface area contributed by atoms with E-state index in [1.165, 1.54) is 0 Å². The maximum Gasteiger partial charge on any atom is 0.326 e. The number of carbonyl (C=O) groups excluding carboxylic acids is 2. The predicted molar refractivity (Wildman–Crippen MR) is 107 cm³/mol. The first-order valence-electron chi connectivity index (χ1n) is 9.21. The average Bonchev–Trinajstić information content (AvgIpc) is 2.81. The third kappa shape index (κ3) is 6.40. The Morgan fingerprint density at radius 1 is 1.30 bits per heavy atom. The number of carboxylic acid groups (broad SMARTS) is 1. The van der Waals surface area contributed by atoms with Gasteiger partial charge in [-0.3, -0.25) is 9.59 Å². The van der Waals surface area contributed by atoms with Crippen molar-refractivity contribution in [1.29, 1.82) is 0 Å². The van der Waals surface area contributed by atoms with E-state index < -0.39 is 17.9 Å². The zero-order chi connectivity index (χ0) is 20.4. The van der Waals surface area contributed by atoms with Gasteiger partial charge >= 0.3 is 5.97 Å². The van der Waals surface area contributed by atoms with Crippen LogP contribution in [0.2, 0.25) is 0 Å². The van der Waals surface area contributed by atoms with Gasteiger partial charge in [-0.05, 0) is 25.0 Å². The molecule has 1 atom stereocenters. The Hall–Kier alpha value is -2.89. The van der Waals surface area contributed by atoms with Crippen molar-refractivity contribution in [3.8, 4) is 0 Å². The Morgan fingerprint density at radius 2 is 1.96 bits per heavy atom. The number of anilines is 1. The second-order valence-electron chi connectivity index (χ2n) is 5.85. The van der Waals surface area contributed by atoms with Gasteiger partial charge < -0.3 is 15.7 Å². The molecule has 1 aromatic rings. The van der Waals surface area contributed by atoms with Gasteiger partial charge in [0.15, 0.2) is 0 Å². The largest absolute Gasteiger partial charge is 0.480 e. The van der Waals surface area contributed by atoms with Crippen LogP contribution in [0.4, 0.5) is 5.69 Å². The van der Waals surface area contributed by atoms with Crippen molar-refractivity contribution in [2.75, 3.05) is 5.32 Å². The molecule has 0 saturated carbocycles. The summed E-state index contributed by atoms with van der Waals surface area (Å²) in [4.78, 5) is 35.7. The van der Waals surface area contributed by atoms with E-state index in [0.717, 1.165) is 5.56 Å². The first kappa shape index (κ1) is 22.2. The number of fused-ring (bicyclic) bond motifs is 1. The molecule has 2 amide bonds. The molecule has 0 bridgehead atoms. The topological polar surface area (TPSA) is 95.5 Å². The minimum absolute atomic E-state index is 0.0730. The third-order valence-corrected chi connectivity index (χ3v) is 4.07. The van der Waals surface area contributed by atoms with Crippen LogP contribution >= 0.6 is 0 Å². The molecule has 0 aromatic heterocycles. The molecule has 1 aliphatic rings. The third-order valence-electron chi connectivity index (χ3n) is 4.07. The number of para-hydroxylation sites is 1. The number of carbonyl (C=O) groups is 3. The highest BCUT2D eigenvalue weighted by Crippen LogP contribution is 2.26. The number of rotatable bonds is 6. The molecule has 146 valence electrons. The number of carboxylic acids is 1. The maximum atomic E-state index is 12.2. The van der Waals surface area contributed by atoms with E-state index in [9.17, 15) is 19.5 Å². The van der Waals surface area contributed by atoms with Crippen molar-refractivity contribution >= 4 is 29.5 Å². The molecule has 1 aliphatic heterocycles. The van der Waals surface area contributed by atoms with Gasteiger partial charge in [-0.2, -0.15) is 0 Å². The zero-order valence-electron chi connectivity index (χ0n) is 16.3. The first-order chi connectivity index (χ1) is 12.9. The summed E-state index contributed by atoms with van der Waals surface area (Å²) >= 11 is 0. The van der Waals surface area contributed by atoms with Crippen molar-refractivity contribution in [2.45, 2.75) is 53.0 Å². The number of allylic oxidation sites excluding steroid dienone is 1. The van der Waals surface area contributed by atoms with Crippen LogP contribution < -0.4 is 10.6 Å². The standard InChI is InChI=1S/C19H22N2O4.C2H6/c1-3-13(4-2)18(23)21-16(19(24)25)10-12-9-14-7-5-6-8-15(14)20-17(22)11-12;1-2/h3,5-9,16H,4,10-11H2,1-2H3,(H,20,22)(H,21,23)(H,24,25);1-2H3/b13-3+;. The second kappa shape index (κ2) is 11.0. The van der Waals surface area contributed by atoms with Gasteiger partial charge in [0.05, 0.1) is 0 Å². The molecular weight excluding hydrogens is 344 g/mol. The highest BCUT2D eigenvalue weighted by atomic mass is 16.4. The van der Waals surface area contributed by atoms with Crippen molar-refractivity contribution in [3.05, 3.63) is 47.1 Å². The van der Waals surface area contributed by atoms with Crippen LogP contribution in [0.5, 0.6) is 0 Å². The molecule has 6 nitrogen and oxygen atoms in total. The Labute approximate surface area is 160 Å². The first-order valence-corrected chi connectivity index (χ1v) is 9.21. The van der Waals surface area contributed by atoms with Crippen LogP contribution in [0.3, 0.4) is 0 Å². The molecule has 1 unspecified atom stereocenters.